The summed E-state index contributed by atoms with van der Waals surface area (Å²) in [5.41, 5.74) is 3.03. The van der Waals surface area contributed by atoms with Crippen LogP contribution in [0.5, 0.6) is 5.75 Å². The summed E-state index contributed by atoms with van der Waals surface area (Å²) in [5, 5.41) is 7.46. The van der Waals surface area contributed by atoms with Gasteiger partial charge in [0.2, 0.25) is 0 Å². The van der Waals surface area contributed by atoms with E-state index in [0.717, 1.165) is 36.0 Å². The molecule has 1 amide bonds. The van der Waals surface area contributed by atoms with E-state index >= 15 is 0 Å². The van der Waals surface area contributed by atoms with Crippen molar-refractivity contribution >= 4 is 34.2 Å². The maximum Gasteiger partial charge on any atom is 0.291 e. The lowest BCUT2D eigenvalue weighted by Crippen LogP contribution is -2.17. The Morgan fingerprint density at radius 1 is 1.12 bits per heavy atom. The van der Waals surface area contributed by atoms with E-state index in [2.05, 4.69) is 15.6 Å². The van der Waals surface area contributed by atoms with E-state index < -0.39 is 0 Å². The Kier molecular flexibility index (Phi) is 7.04. The van der Waals surface area contributed by atoms with Crippen LogP contribution in [0.3, 0.4) is 0 Å². The number of amides is 1. The van der Waals surface area contributed by atoms with Crippen LogP contribution in [0.15, 0.2) is 71.4 Å². The lowest BCUT2D eigenvalue weighted by molar-refractivity contribution is 0.0998. The molecule has 0 saturated carbocycles. The van der Waals surface area contributed by atoms with Crippen LogP contribution in [0.4, 0.5) is 5.69 Å². The SMILES string of the molecule is Cc1c(C(=O)Nc2ccccc2Cl)oc2cccc(OCCCNCc3cccnc3)c12. The molecule has 32 heavy (non-hydrogen) atoms. The fraction of sp³-hybridized carbons (Fsp3) is 0.200. The molecule has 0 aliphatic rings. The minimum Gasteiger partial charge on any atom is -0.493 e. The number of anilines is 1. The summed E-state index contributed by atoms with van der Waals surface area (Å²) in [6, 6.07) is 16.6. The van der Waals surface area contributed by atoms with Crippen LogP contribution in [0, 0.1) is 6.92 Å². The Hall–Kier alpha value is -3.35. The van der Waals surface area contributed by atoms with Gasteiger partial charge in [-0.25, -0.2) is 0 Å². The average molecular weight is 450 g/mol. The van der Waals surface area contributed by atoms with Crippen LogP contribution in [-0.4, -0.2) is 24.0 Å². The molecule has 0 unspecified atom stereocenters. The Morgan fingerprint density at radius 2 is 2.00 bits per heavy atom. The normalized spacial score (nSPS) is 10.9. The number of para-hydroxylation sites is 1. The quantitative estimate of drug-likeness (QED) is 0.325. The zero-order chi connectivity index (χ0) is 22.3. The molecule has 7 heteroatoms. The molecular weight excluding hydrogens is 426 g/mol. The van der Waals surface area contributed by atoms with E-state index in [1.165, 1.54) is 0 Å². The smallest absolute Gasteiger partial charge is 0.291 e. The number of nitrogens with zero attached hydrogens (tertiary/aromatic N) is 1. The summed E-state index contributed by atoms with van der Waals surface area (Å²) in [4.78, 5) is 16.9. The van der Waals surface area contributed by atoms with Crippen LogP contribution in [0.25, 0.3) is 11.0 Å². The lowest BCUT2D eigenvalue weighted by atomic mass is 10.1. The number of carbonyl (C=O) groups excluding carboxylic acids is 1. The monoisotopic (exact) mass is 449 g/mol. The molecule has 164 valence electrons. The Balaban J connectivity index is 1.38. The van der Waals surface area contributed by atoms with Gasteiger partial charge in [-0.2, -0.15) is 0 Å². The van der Waals surface area contributed by atoms with Gasteiger partial charge in [-0.05, 0) is 55.8 Å². The Labute approximate surface area is 191 Å². The van der Waals surface area contributed by atoms with Gasteiger partial charge in [0.15, 0.2) is 5.76 Å². The van der Waals surface area contributed by atoms with Crippen LogP contribution in [0.1, 0.15) is 28.1 Å². The molecule has 4 aromatic rings. The summed E-state index contributed by atoms with van der Waals surface area (Å²) < 4.78 is 11.9. The first-order chi connectivity index (χ1) is 15.6. The van der Waals surface area contributed by atoms with Crippen molar-refractivity contribution in [1.29, 1.82) is 0 Å². The van der Waals surface area contributed by atoms with E-state index in [9.17, 15) is 4.79 Å². The number of pyridine rings is 1. The summed E-state index contributed by atoms with van der Waals surface area (Å²) in [6.45, 7) is 4.00. The predicted octanol–water partition coefficient (Wildman–Crippen LogP) is 5.60. The van der Waals surface area contributed by atoms with Gasteiger partial charge in [0.25, 0.3) is 5.91 Å². The number of hydrogen-bond donors (Lipinski definition) is 2. The summed E-state index contributed by atoms with van der Waals surface area (Å²) >= 11 is 6.15. The fourth-order valence-corrected chi connectivity index (χ4v) is 3.64. The van der Waals surface area contributed by atoms with E-state index in [-0.39, 0.29) is 11.7 Å². The topological polar surface area (TPSA) is 76.4 Å². The van der Waals surface area contributed by atoms with Crippen molar-refractivity contribution in [3.8, 4) is 5.75 Å². The van der Waals surface area contributed by atoms with Crippen molar-refractivity contribution in [2.24, 2.45) is 0 Å². The highest BCUT2D eigenvalue weighted by atomic mass is 35.5. The first-order valence-corrected chi connectivity index (χ1v) is 10.8. The summed E-state index contributed by atoms with van der Waals surface area (Å²) in [5.74, 6) is 0.597. The second-order valence-corrected chi connectivity index (χ2v) is 7.77. The van der Waals surface area contributed by atoms with E-state index in [0.29, 0.717) is 28.6 Å². The van der Waals surface area contributed by atoms with Gasteiger partial charge in [-0.15, -0.1) is 0 Å². The van der Waals surface area contributed by atoms with Crippen molar-refractivity contribution in [3.05, 3.63) is 88.9 Å². The first kappa shape index (κ1) is 21.9. The number of ether oxygens (including phenoxy) is 1. The predicted molar refractivity (Wildman–Crippen MR) is 126 cm³/mol. The van der Waals surface area contributed by atoms with Crippen LogP contribution in [-0.2, 0) is 6.54 Å². The van der Waals surface area contributed by atoms with Gasteiger partial charge < -0.3 is 19.8 Å². The van der Waals surface area contributed by atoms with E-state index in [4.69, 9.17) is 20.8 Å². The van der Waals surface area contributed by atoms with Crippen molar-refractivity contribution < 1.29 is 13.9 Å². The van der Waals surface area contributed by atoms with Gasteiger partial charge in [-0.3, -0.25) is 9.78 Å². The minimum atomic E-state index is -0.350. The number of fused-ring (bicyclic) bond motifs is 1. The molecule has 0 aliphatic heterocycles. The van der Waals surface area contributed by atoms with Gasteiger partial charge in [0, 0.05) is 24.5 Å². The highest BCUT2D eigenvalue weighted by molar-refractivity contribution is 6.33. The number of aryl methyl sites for hydroxylation is 1. The second kappa shape index (κ2) is 10.3. The first-order valence-electron chi connectivity index (χ1n) is 10.4. The van der Waals surface area contributed by atoms with Gasteiger partial charge in [-0.1, -0.05) is 35.9 Å². The second-order valence-electron chi connectivity index (χ2n) is 7.36. The number of benzene rings is 2. The van der Waals surface area contributed by atoms with Gasteiger partial charge in [0.05, 0.1) is 22.7 Å². The average Bonchev–Trinajstić information content (AvgIpc) is 3.16. The molecule has 0 saturated heterocycles. The third-order valence-electron chi connectivity index (χ3n) is 5.05. The third kappa shape index (κ3) is 5.10. The Morgan fingerprint density at radius 3 is 2.81 bits per heavy atom. The van der Waals surface area contributed by atoms with Gasteiger partial charge >= 0.3 is 0 Å². The maximum absolute atomic E-state index is 12.8. The van der Waals surface area contributed by atoms with Crippen molar-refractivity contribution in [1.82, 2.24) is 10.3 Å². The number of aromatic nitrogens is 1. The van der Waals surface area contributed by atoms with Crippen molar-refractivity contribution in [2.75, 3.05) is 18.5 Å². The van der Waals surface area contributed by atoms with Crippen LogP contribution < -0.4 is 15.4 Å². The van der Waals surface area contributed by atoms with Gasteiger partial charge in [0.1, 0.15) is 11.3 Å². The zero-order valence-corrected chi connectivity index (χ0v) is 18.5. The van der Waals surface area contributed by atoms with Crippen molar-refractivity contribution in [2.45, 2.75) is 19.9 Å². The van der Waals surface area contributed by atoms with Crippen LogP contribution >= 0.6 is 11.6 Å². The molecule has 4 rings (SSSR count). The largest absolute Gasteiger partial charge is 0.493 e. The molecule has 2 N–H and O–H groups in total. The number of rotatable bonds is 9. The molecule has 0 atom stereocenters. The number of furan rings is 1. The zero-order valence-electron chi connectivity index (χ0n) is 17.7. The molecule has 2 aromatic heterocycles. The third-order valence-corrected chi connectivity index (χ3v) is 5.38. The number of halogens is 1. The molecule has 0 fully saturated rings. The van der Waals surface area contributed by atoms with E-state index in [1.54, 1.807) is 18.3 Å². The van der Waals surface area contributed by atoms with Crippen molar-refractivity contribution in [3.63, 3.8) is 0 Å². The molecule has 0 aliphatic carbocycles. The lowest BCUT2D eigenvalue weighted by Gasteiger charge is -2.09. The molecular formula is C25H24ClN3O3. The molecule has 0 radical (unpaired) electrons. The number of nitrogens with one attached hydrogen (secondary N) is 2. The van der Waals surface area contributed by atoms with E-state index in [1.807, 2.05) is 55.6 Å². The highest BCUT2D eigenvalue weighted by Crippen LogP contribution is 2.34. The Bertz CT molecular complexity index is 1210. The summed E-state index contributed by atoms with van der Waals surface area (Å²) in [7, 11) is 0. The molecule has 2 aromatic carbocycles. The highest BCUT2D eigenvalue weighted by Gasteiger charge is 2.21. The molecule has 6 nitrogen and oxygen atoms in total. The number of hydrogen-bond acceptors (Lipinski definition) is 5. The maximum atomic E-state index is 12.8. The fourth-order valence-electron chi connectivity index (χ4n) is 3.46. The van der Waals surface area contributed by atoms with Crippen LogP contribution in [0.2, 0.25) is 5.02 Å². The number of carbonyl (C=O) groups is 1. The molecule has 0 spiro atoms. The summed E-state index contributed by atoms with van der Waals surface area (Å²) in [6.07, 6.45) is 4.46. The minimum absolute atomic E-state index is 0.245. The molecule has 0 bridgehead atoms. The standard InChI is InChI=1S/C25H24ClN3O3/c1-17-23-21(31-14-6-13-28-16-18-7-5-12-27-15-18)10-4-11-22(23)32-24(17)25(30)29-20-9-3-2-8-19(20)26/h2-5,7-12,15,28H,6,13-14,16H2,1H3,(H,29,30). The molecule has 2 heterocycles.